The maximum atomic E-state index is 14.1. The van der Waals surface area contributed by atoms with Gasteiger partial charge in [0.1, 0.15) is 0 Å². The van der Waals surface area contributed by atoms with E-state index >= 15 is 0 Å². The number of amides is 4. The molecule has 1 aromatic carbocycles. The van der Waals surface area contributed by atoms with Crippen LogP contribution in [0.2, 0.25) is 5.02 Å². The molecule has 0 radical (unpaired) electrons. The molecule has 0 unspecified atom stereocenters. The van der Waals surface area contributed by atoms with Crippen LogP contribution in [0.15, 0.2) is 24.3 Å². The second-order valence-electron chi connectivity index (χ2n) is 12.8. The third-order valence-corrected chi connectivity index (χ3v) is 9.58. The second kappa shape index (κ2) is 16.2. The van der Waals surface area contributed by atoms with Gasteiger partial charge in [-0.3, -0.25) is 9.59 Å². The smallest absolute Gasteiger partial charge is 0.319 e. The molecule has 2 N–H and O–H groups in total. The molecular weight excluding hydrogens is 573 g/mol. The number of urea groups is 1. The van der Waals surface area contributed by atoms with Crippen LogP contribution in [0.1, 0.15) is 83.6 Å². The van der Waals surface area contributed by atoms with E-state index in [2.05, 4.69) is 22.5 Å². The maximum absolute atomic E-state index is 14.1. The fourth-order valence-electron chi connectivity index (χ4n) is 7.18. The second-order valence-corrected chi connectivity index (χ2v) is 13.2. The lowest BCUT2D eigenvalue weighted by atomic mass is 9.87. The molecule has 1 aromatic rings. The number of halogens is 2. The first-order valence-electron chi connectivity index (χ1n) is 15.7. The van der Waals surface area contributed by atoms with Crippen LogP contribution in [0.5, 0.6) is 0 Å². The van der Waals surface area contributed by atoms with Crippen molar-refractivity contribution in [3.8, 4) is 0 Å². The van der Waals surface area contributed by atoms with E-state index in [9.17, 15) is 14.4 Å². The summed E-state index contributed by atoms with van der Waals surface area (Å²) in [5.41, 5.74) is 1.08. The molecule has 1 saturated heterocycles. The van der Waals surface area contributed by atoms with Crippen LogP contribution >= 0.6 is 24.0 Å². The summed E-state index contributed by atoms with van der Waals surface area (Å²) in [6.07, 6.45) is 10.8. The van der Waals surface area contributed by atoms with Gasteiger partial charge in [-0.1, -0.05) is 49.9 Å². The molecule has 42 heavy (non-hydrogen) atoms. The average molecular weight is 625 g/mol. The molecular formula is C32H51Cl2N5O3. The van der Waals surface area contributed by atoms with Crippen molar-refractivity contribution in [3.63, 3.8) is 0 Å². The van der Waals surface area contributed by atoms with E-state index in [1.54, 1.807) is 11.8 Å². The van der Waals surface area contributed by atoms with Crippen LogP contribution in [0.4, 0.5) is 4.79 Å². The number of carbonyl (C=O) groups excluding carboxylic acids is 3. The molecule has 2 saturated carbocycles. The highest BCUT2D eigenvalue weighted by Gasteiger charge is 2.40. The molecule has 3 fully saturated rings. The predicted molar refractivity (Wildman–Crippen MR) is 171 cm³/mol. The molecule has 3 atom stereocenters. The van der Waals surface area contributed by atoms with E-state index in [0.29, 0.717) is 30.6 Å². The van der Waals surface area contributed by atoms with Crippen LogP contribution < -0.4 is 10.6 Å². The van der Waals surface area contributed by atoms with E-state index in [4.69, 9.17) is 11.6 Å². The number of carbonyl (C=O) groups is 3. The Morgan fingerprint density at radius 1 is 0.952 bits per heavy atom. The first-order chi connectivity index (χ1) is 19.6. The molecule has 1 aliphatic heterocycles. The van der Waals surface area contributed by atoms with Gasteiger partial charge in [0.15, 0.2) is 0 Å². The zero-order valence-electron chi connectivity index (χ0n) is 25.8. The highest BCUT2D eigenvalue weighted by Crippen LogP contribution is 2.31. The third-order valence-electron chi connectivity index (χ3n) is 9.32. The third kappa shape index (κ3) is 9.23. The normalized spacial score (nSPS) is 25.6. The average Bonchev–Trinajstić information content (AvgIpc) is 2.95. The van der Waals surface area contributed by atoms with Gasteiger partial charge >= 0.3 is 6.03 Å². The van der Waals surface area contributed by atoms with Gasteiger partial charge in [-0.15, -0.1) is 12.4 Å². The van der Waals surface area contributed by atoms with Gasteiger partial charge in [-0.05, 0) is 75.0 Å². The lowest BCUT2D eigenvalue weighted by Gasteiger charge is -2.48. The molecule has 2 aliphatic carbocycles. The Hall–Kier alpha value is -2.03. The van der Waals surface area contributed by atoms with Gasteiger partial charge in [-0.2, -0.15) is 0 Å². The van der Waals surface area contributed by atoms with Crippen molar-refractivity contribution in [2.45, 2.75) is 115 Å². The number of nitrogens with zero attached hydrogens (tertiary/aromatic N) is 3. The predicted octanol–water partition coefficient (Wildman–Crippen LogP) is 5.26. The van der Waals surface area contributed by atoms with E-state index in [1.165, 1.54) is 19.3 Å². The van der Waals surface area contributed by atoms with Gasteiger partial charge < -0.3 is 25.3 Å². The monoisotopic (exact) mass is 623 g/mol. The molecule has 10 heteroatoms. The van der Waals surface area contributed by atoms with Crippen LogP contribution in [0.25, 0.3) is 0 Å². The van der Waals surface area contributed by atoms with Crippen molar-refractivity contribution < 1.29 is 14.4 Å². The highest BCUT2D eigenvalue weighted by atomic mass is 35.5. The molecule has 3 aliphatic rings. The molecule has 0 bridgehead atoms. The summed E-state index contributed by atoms with van der Waals surface area (Å²) in [6, 6.07) is 8.42. The zero-order chi connectivity index (χ0) is 29.5. The van der Waals surface area contributed by atoms with E-state index in [1.807, 2.05) is 43.3 Å². The first kappa shape index (κ1) is 34.5. The minimum absolute atomic E-state index is 0. The van der Waals surface area contributed by atoms with Crippen LogP contribution in [-0.2, 0) is 16.0 Å². The summed E-state index contributed by atoms with van der Waals surface area (Å²) in [5, 5.41) is 7.45. The van der Waals surface area contributed by atoms with E-state index < -0.39 is 0 Å². The number of hydrogen-bond donors (Lipinski definition) is 2. The van der Waals surface area contributed by atoms with Crippen molar-refractivity contribution >= 4 is 41.9 Å². The largest absolute Gasteiger partial charge is 0.354 e. The summed E-state index contributed by atoms with van der Waals surface area (Å²) in [4.78, 5) is 44.9. The number of rotatable bonds is 8. The maximum Gasteiger partial charge on any atom is 0.319 e. The van der Waals surface area contributed by atoms with Crippen molar-refractivity contribution in [1.82, 2.24) is 25.3 Å². The minimum Gasteiger partial charge on any atom is -0.354 e. The van der Waals surface area contributed by atoms with Gasteiger partial charge in [-0.25, -0.2) is 4.79 Å². The molecule has 4 amide bonds. The number of nitrogens with one attached hydrogen (secondary N) is 2. The van der Waals surface area contributed by atoms with E-state index in [-0.39, 0.29) is 60.3 Å². The lowest BCUT2D eigenvalue weighted by molar-refractivity contribution is -0.136. The van der Waals surface area contributed by atoms with Gasteiger partial charge in [0, 0.05) is 63.3 Å². The zero-order valence-corrected chi connectivity index (χ0v) is 27.4. The Morgan fingerprint density at radius 2 is 1.57 bits per heavy atom. The van der Waals surface area contributed by atoms with Crippen molar-refractivity contribution in [2.75, 3.05) is 27.2 Å². The molecule has 236 valence electrons. The Balaban J connectivity index is 0.00000484. The topological polar surface area (TPSA) is 85.0 Å². The number of benzene rings is 1. The lowest BCUT2D eigenvalue weighted by Crippen LogP contribution is -2.60. The first-order valence-corrected chi connectivity index (χ1v) is 16.1. The standard InChI is InChI=1S/C32H50ClN5O3.ClH/c1-22-21-37(19-18-30(22)38(32(41)36(3)4)28-8-6-5-7-9-28)31(40)29(20-24-10-12-25(33)13-11-24)35-27-16-14-26(15-17-27)34-23(2)39;/h10-13,22,26-30,35H,5-9,14-21H2,1-4H3,(H,34,39);1H/t22-,26?,27?,29-,30-;/m1./s1. The summed E-state index contributed by atoms with van der Waals surface area (Å²) in [6.45, 7) is 5.08. The number of likely N-dealkylation sites (tertiary alicyclic amines) is 1. The molecule has 0 aromatic heterocycles. The van der Waals surface area contributed by atoms with Gasteiger partial charge in [0.05, 0.1) is 6.04 Å². The highest BCUT2D eigenvalue weighted by molar-refractivity contribution is 6.30. The van der Waals surface area contributed by atoms with Gasteiger partial charge in [0.25, 0.3) is 0 Å². The quantitative estimate of drug-likeness (QED) is 0.413. The molecule has 0 spiro atoms. The summed E-state index contributed by atoms with van der Waals surface area (Å²) in [7, 11) is 3.69. The van der Waals surface area contributed by atoms with Gasteiger partial charge in [0.2, 0.25) is 11.8 Å². The summed E-state index contributed by atoms with van der Waals surface area (Å²) >= 11 is 6.14. The van der Waals surface area contributed by atoms with Crippen molar-refractivity contribution in [2.24, 2.45) is 5.92 Å². The molecule has 4 rings (SSSR count). The SMILES string of the molecule is CC(=O)NC1CCC(N[C@H](Cc2ccc(Cl)cc2)C(=O)N2CC[C@@H](N(C(=O)N(C)C)C3CCCCC3)[C@H](C)C2)CC1.Cl. The van der Waals surface area contributed by atoms with Crippen molar-refractivity contribution in [1.29, 1.82) is 0 Å². The van der Waals surface area contributed by atoms with E-state index in [0.717, 1.165) is 50.5 Å². The molecule has 8 nitrogen and oxygen atoms in total. The Bertz CT molecular complexity index is 1030. The van der Waals surface area contributed by atoms with Crippen LogP contribution in [-0.4, -0.2) is 89.9 Å². The fourth-order valence-corrected chi connectivity index (χ4v) is 7.30. The molecule has 1 heterocycles. The van der Waals surface area contributed by atoms with Crippen LogP contribution in [0.3, 0.4) is 0 Å². The van der Waals surface area contributed by atoms with Crippen molar-refractivity contribution in [3.05, 3.63) is 34.9 Å². The fraction of sp³-hybridized carbons (Fsp3) is 0.719. The summed E-state index contributed by atoms with van der Waals surface area (Å²) in [5.74, 6) is 0.351. The Morgan fingerprint density at radius 3 is 2.14 bits per heavy atom. The Labute approximate surface area is 263 Å². The summed E-state index contributed by atoms with van der Waals surface area (Å²) < 4.78 is 0. The minimum atomic E-state index is -0.333. The number of piperidine rings is 1. The number of hydrogen-bond acceptors (Lipinski definition) is 4. The Kier molecular flexibility index (Phi) is 13.3. The van der Waals surface area contributed by atoms with Crippen LogP contribution in [0, 0.1) is 5.92 Å².